The summed E-state index contributed by atoms with van der Waals surface area (Å²) in [5.41, 5.74) is 3.17. The molecular formula is C18H18N2O6. The molecule has 0 bridgehead atoms. The van der Waals surface area contributed by atoms with Crippen LogP contribution in [0.1, 0.15) is 15.9 Å². The largest absolute Gasteiger partial charge is 0.497 e. The van der Waals surface area contributed by atoms with Gasteiger partial charge in [0, 0.05) is 0 Å². The minimum atomic E-state index is -0.682. The van der Waals surface area contributed by atoms with Gasteiger partial charge in [0.2, 0.25) is 0 Å². The summed E-state index contributed by atoms with van der Waals surface area (Å²) in [4.78, 5) is 23.2. The minimum absolute atomic E-state index is 0.256. The average Bonchev–Trinajstić information content (AvgIpc) is 2.68. The lowest BCUT2D eigenvalue weighted by Gasteiger charge is -2.10. The van der Waals surface area contributed by atoms with Crippen LogP contribution in [0.5, 0.6) is 17.2 Å². The van der Waals surface area contributed by atoms with Gasteiger partial charge in [-0.1, -0.05) is 0 Å². The lowest BCUT2D eigenvalue weighted by atomic mass is 10.2. The number of hydrogen-bond acceptors (Lipinski definition) is 7. The molecule has 0 saturated carbocycles. The molecule has 8 heteroatoms. The van der Waals surface area contributed by atoms with E-state index in [1.165, 1.54) is 20.4 Å². The van der Waals surface area contributed by atoms with E-state index >= 15 is 0 Å². The molecule has 0 aliphatic rings. The number of hydrogen-bond donors (Lipinski definition) is 1. The lowest BCUT2D eigenvalue weighted by Crippen LogP contribution is -2.16. The van der Waals surface area contributed by atoms with E-state index in [-0.39, 0.29) is 5.75 Å². The summed E-state index contributed by atoms with van der Waals surface area (Å²) < 4.78 is 20.1. The highest BCUT2D eigenvalue weighted by molar-refractivity contribution is 5.91. The van der Waals surface area contributed by atoms with E-state index < -0.39 is 12.1 Å². The SMILES string of the molecule is COC(=O)N/N=C\c1ccc(OC(=O)c2ccc(OC)cc2)c(OC)c1. The summed E-state index contributed by atoms with van der Waals surface area (Å²) >= 11 is 0. The predicted octanol–water partition coefficient (Wildman–Crippen LogP) is 2.61. The second-order valence-corrected chi connectivity index (χ2v) is 4.89. The second-order valence-electron chi connectivity index (χ2n) is 4.89. The number of ether oxygens (including phenoxy) is 4. The first kappa shape index (κ1) is 18.8. The highest BCUT2D eigenvalue weighted by Crippen LogP contribution is 2.28. The molecule has 0 aromatic heterocycles. The van der Waals surface area contributed by atoms with Crippen molar-refractivity contribution in [1.82, 2.24) is 5.43 Å². The van der Waals surface area contributed by atoms with Crippen LogP contribution < -0.4 is 19.6 Å². The third kappa shape index (κ3) is 4.97. The number of amides is 1. The van der Waals surface area contributed by atoms with Crippen LogP contribution in [0.3, 0.4) is 0 Å². The first-order valence-electron chi connectivity index (χ1n) is 7.48. The number of carbonyl (C=O) groups is 2. The van der Waals surface area contributed by atoms with Crippen LogP contribution in [-0.4, -0.2) is 39.6 Å². The molecule has 8 nitrogen and oxygen atoms in total. The Morgan fingerprint density at radius 2 is 1.69 bits per heavy atom. The number of nitrogens with one attached hydrogen (secondary N) is 1. The number of benzene rings is 2. The second kappa shape index (κ2) is 9.07. The molecule has 0 unspecified atom stereocenters. The smallest absolute Gasteiger partial charge is 0.427 e. The zero-order valence-electron chi connectivity index (χ0n) is 14.5. The highest BCUT2D eigenvalue weighted by atomic mass is 16.6. The molecule has 1 amide bonds. The molecule has 2 aromatic carbocycles. The van der Waals surface area contributed by atoms with Gasteiger partial charge in [-0.2, -0.15) is 5.10 Å². The van der Waals surface area contributed by atoms with Gasteiger partial charge in [-0.05, 0) is 48.0 Å². The van der Waals surface area contributed by atoms with Crippen molar-refractivity contribution in [2.75, 3.05) is 21.3 Å². The number of methoxy groups -OCH3 is 3. The first-order valence-corrected chi connectivity index (χ1v) is 7.48. The number of rotatable bonds is 6. The number of esters is 1. The number of carbonyl (C=O) groups excluding carboxylic acids is 2. The summed E-state index contributed by atoms with van der Waals surface area (Å²) in [5, 5.41) is 3.72. The molecular weight excluding hydrogens is 340 g/mol. The Balaban J connectivity index is 2.11. The van der Waals surface area contributed by atoms with Crippen LogP contribution >= 0.6 is 0 Å². The van der Waals surface area contributed by atoms with Gasteiger partial charge in [0.1, 0.15) is 5.75 Å². The number of nitrogens with zero attached hydrogens (tertiary/aromatic N) is 1. The van der Waals surface area contributed by atoms with Crippen LogP contribution in [-0.2, 0) is 4.74 Å². The van der Waals surface area contributed by atoms with Gasteiger partial charge in [-0.15, -0.1) is 0 Å². The molecule has 2 aromatic rings. The quantitative estimate of drug-likeness (QED) is 0.369. The summed E-state index contributed by atoms with van der Waals surface area (Å²) in [6, 6.07) is 11.4. The van der Waals surface area contributed by atoms with E-state index in [1.807, 2.05) is 0 Å². The molecule has 0 saturated heterocycles. The standard InChI is InChI=1S/C18H18N2O6/c1-23-14-7-5-13(6-8-14)17(21)26-15-9-4-12(10-16(15)24-2)11-19-20-18(22)25-3/h4-11H,1-3H3,(H,20,22)/b19-11-. The zero-order chi connectivity index (χ0) is 18.9. The van der Waals surface area contributed by atoms with Gasteiger partial charge >= 0.3 is 12.1 Å². The normalized spacial score (nSPS) is 10.3. The van der Waals surface area contributed by atoms with Crippen LogP contribution in [0.25, 0.3) is 0 Å². The zero-order valence-corrected chi connectivity index (χ0v) is 14.5. The van der Waals surface area contributed by atoms with E-state index in [9.17, 15) is 9.59 Å². The Labute approximate surface area is 150 Å². The van der Waals surface area contributed by atoms with E-state index in [1.54, 1.807) is 49.6 Å². The van der Waals surface area contributed by atoms with Crippen molar-refractivity contribution in [2.45, 2.75) is 0 Å². The Morgan fingerprint density at radius 1 is 0.962 bits per heavy atom. The molecule has 0 atom stereocenters. The Kier molecular flexibility index (Phi) is 6.55. The fourth-order valence-corrected chi connectivity index (χ4v) is 1.94. The van der Waals surface area contributed by atoms with Gasteiger partial charge in [-0.3, -0.25) is 0 Å². The van der Waals surface area contributed by atoms with E-state index in [2.05, 4.69) is 15.3 Å². The monoisotopic (exact) mass is 358 g/mol. The Morgan fingerprint density at radius 3 is 2.31 bits per heavy atom. The van der Waals surface area contributed by atoms with Gasteiger partial charge < -0.3 is 18.9 Å². The van der Waals surface area contributed by atoms with Crippen LogP contribution in [0, 0.1) is 0 Å². The molecule has 0 radical (unpaired) electrons. The Bertz CT molecular complexity index is 802. The number of hydrazone groups is 1. The Hall–Kier alpha value is -3.55. The third-order valence-electron chi connectivity index (χ3n) is 3.27. The lowest BCUT2D eigenvalue weighted by molar-refractivity contribution is 0.0729. The summed E-state index contributed by atoms with van der Waals surface area (Å²) in [6.45, 7) is 0. The molecule has 0 aliphatic carbocycles. The molecule has 0 heterocycles. The first-order chi connectivity index (χ1) is 12.6. The van der Waals surface area contributed by atoms with Gasteiger partial charge in [-0.25, -0.2) is 15.0 Å². The fraction of sp³-hybridized carbons (Fsp3) is 0.167. The van der Waals surface area contributed by atoms with Gasteiger partial charge in [0.25, 0.3) is 0 Å². The van der Waals surface area contributed by atoms with Crippen molar-refractivity contribution in [3.8, 4) is 17.2 Å². The fourth-order valence-electron chi connectivity index (χ4n) is 1.94. The third-order valence-corrected chi connectivity index (χ3v) is 3.27. The molecule has 0 aliphatic heterocycles. The molecule has 0 spiro atoms. The van der Waals surface area contributed by atoms with Gasteiger partial charge in [0.05, 0.1) is 33.1 Å². The van der Waals surface area contributed by atoms with Crippen molar-refractivity contribution in [3.63, 3.8) is 0 Å². The molecule has 2 rings (SSSR count). The average molecular weight is 358 g/mol. The maximum Gasteiger partial charge on any atom is 0.427 e. The summed E-state index contributed by atoms with van der Waals surface area (Å²) in [5.74, 6) is 0.711. The molecule has 0 fully saturated rings. The minimum Gasteiger partial charge on any atom is -0.497 e. The molecule has 1 N–H and O–H groups in total. The van der Waals surface area contributed by atoms with E-state index in [0.717, 1.165) is 0 Å². The summed E-state index contributed by atoms with van der Waals surface area (Å²) in [7, 11) is 4.23. The maximum atomic E-state index is 12.2. The van der Waals surface area contributed by atoms with Crippen molar-refractivity contribution in [1.29, 1.82) is 0 Å². The molecule has 136 valence electrons. The van der Waals surface area contributed by atoms with Crippen LogP contribution in [0.15, 0.2) is 47.6 Å². The van der Waals surface area contributed by atoms with E-state index in [0.29, 0.717) is 22.6 Å². The van der Waals surface area contributed by atoms with Crippen LogP contribution in [0.4, 0.5) is 4.79 Å². The maximum absolute atomic E-state index is 12.2. The molecule has 26 heavy (non-hydrogen) atoms. The van der Waals surface area contributed by atoms with Gasteiger partial charge in [0.15, 0.2) is 11.5 Å². The highest BCUT2D eigenvalue weighted by Gasteiger charge is 2.13. The van der Waals surface area contributed by atoms with Crippen molar-refractivity contribution in [3.05, 3.63) is 53.6 Å². The van der Waals surface area contributed by atoms with Crippen molar-refractivity contribution >= 4 is 18.3 Å². The van der Waals surface area contributed by atoms with E-state index in [4.69, 9.17) is 14.2 Å². The van der Waals surface area contributed by atoms with Crippen LogP contribution in [0.2, 0.25) is 0 Å². The van der Waals surface area contributed by atoms with Crippen molar-refractivity contribution < 1.29 is 28.5 Å². The van der Waals surface area contributed by atoms with Crippen molar-refractivity contribution in [2.24, 2.45) is 5.10 Å². The predicted molar refractivity (Wildman–Crippen MR) is 94.1 cm³/mol. The summed E-state index contributed by atoms with van der Waals surface area (Å²) in [6.07, 6.45) is 0.715. The topological polar surface area (TPSA) is 95.5 Å².